The molecule has 0 saturated carbocycles. The third kappa shape index (κ3) is 6.02. The van der Waals surface area contributed by atoms with Crippen molar-refractivity contribution in [1.29, 1.82) is 0 Å². The molecule has 136 valence electrons. The molecule has 1 aliphatic rings. The molecule has 25 heavy (non-hydrogen) atoms. The number of nitrogens with zero attached hydrogens (tertiary/aromatic N) is 1. The number of halogens is 2. The average molecular weight is 380 g/mol. The lowest BCUT2D eigenvalue weighted by molar-refractivity contribution is 0.235. The summed E-state index contributed by atoms with van der Waals surface area (Å²) >= 11 is 2.07. The van der Waals surface area contributed by atoms with E-state index in [1.165, 1.54) is 42.0 Å². The van der Waals surface area contributed by atoms with Gasteiger partial charge in [-0.1, -0.05) is 37.3 Å². The van der Waals surface area contributed by atoms with Crippen molar-refractivity contribution in [2.24, 2.45) is 0 Å². The van der Waals surface area contributed by atoms with Crippen LogP contribution in [0, 0.1) is 5.82 Å². The van der Waals surface area contributed by atoms with E-state index in [1.807, 2.05) is 12.1 Å². The number of piperidine rings is 1. The molecule has 0 spiro atoms. The summed E-state index contributed by atoms with van der Waals surface area (Å²) in [4.78, 5) is 4.01. The van der Waals surface area contributed by atoms with Crippen molar-refractivity contribution in [3.05, 3.63) is 65.5 Å². The quantitative estimate of drug-likeness (QED) is 0.641. The van der Waals surface area contributed by atoms with Crippen LogP contribution in [0.1, 0.15) is 30.9 Å². The van der Waals surface area contributed by atoms with Crippen molar-refractivity contribution in [2.45, 2.75) is 42.8 Å². The monoisotopic (exact) mass is 379 g/mol. The molecular formula is C21H27ClFNS. The van der Waals surface area contributed by atoms with E-state index in [0.29, 0.717) is 0 Å². The fourth-order valence-corrected chi connectivity index (χ4v) is 4.61. The molecule has 3 rings (SSSR count). The number of aryl methyl sites for hydroxylation is 1. The van der Waals surface area contributed by atoms with Crippen LogP contribution in [0.25, 0.3) is 0 Å². The molecule has 2 aromatic rings. The molecule has 1 fully saturated rings. The molecule has 0 N–H and O–H groups in total. The topological polar surface area (TPSA) is 3.24 Å². The van der Waals surface area contributed by atoms with E-state index >= 15 is 0 Å². The third-order valence-corrected chi connectivity index (χ3v) is 6.27. The second kappa shape index (κ2) is 10.2. The molecule has 0 radical (unpaired) electrons. The van der Waals surface area contributed by atoms with Gasteiger partial charge in [0.05, 0.1) is 0 Å². The summed E-state index contributed by atoms with van der Waals surface area (Å²) in [7, 11) is 0. The van der Waals surface area contributed by atoms with Gasteiger partial charge in [0.15, 0.2) is 0 Å². The van der Waals surface area contributed by atoms with Gasteiger partial charge in [-0.2, -0.15) is 0 Å². The van der Waals surface area contributed by atoms with Crippen molar-refractivity contribution in [1.82, 2.24) is 4.90 Å². The Morgan fingerprint density at radius 1 is 1.04 bits per heavy atom. The first-order valence-corrected chi connectivity index (χ1v) is 9.84. The largest absolute Gasteiger partial charge is 0.303 e. The van der Waals surface area contributed by atoms with E-state index in [9.17, 15) is 4.39 Å². The second-order valence-electron chi connectivity index (χ2n) is 6.50. The van der Waals surface area contributed by atoms with Crippen molar-refractivity contribution >= 4 is 24.2 Å². The van der Waals surface area contributed by atoms with Crippen LogP contribution < -0.4 is 0 Å². The average Bonchev–Trinajstić information content (AvgIpc) is 2.63. The van der Waals surface area contributed by atoms with Crippen LogP contribution in [0.5, 0.6) is 0 Å². The predicted octanol–water partition coefficient (Wildman–Crippen LogP) is 5.61. The van der Waals surface area contributed by atoms with Gasteiger partial charge in [-0.15, -0.1) is 24.2 Å². The Morgan fingerprint density at radius 3 is 2.40 bits per heavy atom. The standard InChI is InChI=1S/C21H26FNS.ClH/c1-2-18-5-3-4-6-21(18)24-20-12-15-23(16-13-20)14-11-17-7-9-19(22)10-8-17;/h3-10,20H,2,11-16H2,1H3;1H. The van der Waals surface area contributed by atoms with E-state index in [4.69, 9.17) is 0 Å². The summed E-state index contributed by atoms with van der Waals surface area (Å²) in [5, 5.41) is 0.736. The Kier molecular flexibility index (Phi) is 8.28. The fourth-order valence-electron chi connectivity index (χ4n) is 3.28. The first-order valence-electron chi connectivity index (χ1n) is 8.96. The fraction of sp³-hybridized carbons (Fsp3) is 0.429. The summed E-state index contributed by atoms with van der Waals surface area (Å²) in [5.41, 5.74) is 2.70. The zero-order valence-electron chi connectivity index (χ0n) is 14.8. The number of rotatable bonds is 6. The third-order valence-electron chi connectivity index (χ3n) is 4.81. The van der Waals surface area contributed by atoms with Gasteiger partial charge >= 0.3 is 0 Å². The highest BCUT2D eigenvalue weighted by molar-refractivity contribution is 8.00. The van der Waals surface area contributed by atoms with Crippen molar-refractivity contribution < 1.29 is 4.39 Å². The molecule has 2 aromatic carbocycles. The van der Waals surface area contributed by atoms with Gasteiger partial charge in [0.25, 0.3) is 0 Å². The van der Waals surface area contributed by atoms with Gasteiger partial charge in [0.2, 0.25) is 0 Å². The minimum atomic E-state index is -0.149. The van der Waals surface area contributed by atoms with Gasteiger partial charge in [-0.3, -0.25) is 0 Å². The van der Waals surface area contributed by atoms with Crippen molar-refractivity contribution in [3.8, 4) is 0 Å². The SMILES string of the molecule is CCc1ccccc1SC1CCN(CCc2ccc(F)cc2)CC1.Cl. The summed E-state index contributed by atoms with van der Waals surface area (Å²) in [6, 6.07) is 15.7. The zero-order chi connectivity index (χ0) is 16.8. The summed E-state index contributed by atoms with van der Waals surface area (Å²) in [6.45, 7) is 5.66. The van der Waals surface area contributed by atoms with Crippen LogP contribution >= 0.6 is 24.2 Å². The first-order chi connectivity index (χ1) is 11.7. The van der Waals surface area contributed by atoms with Gasteiger partial charge in [0, 0.05) is 16.7 Å². The Balaban J connectivity index is 0.00000225. The maximum absolute atomic E-state index is 12.9. The lowest BCUT2D eigenvalue weighted by Crippen LogP contribution is -2.36. The predicted molar refractivity (Wildman–Crippen MR) is 108 cm³/mol. The zero-order valence-corrected chi connectivity index (χ0v) is 16.4. The molecule has 0 amide bonds. The number of benzene rings is 2. The van der Waals surface area contributed by atoms with Crippen LogP contribution in [-0.4, -0.2) is 29.8 Å². The van der Waals surface area contributed by atoms with Gasteiger partial charge in [-0.25, -0.2) is 4.39 Å². The maximum atomic E-state index is 12.9. The molecule has 0 bridgehead atoms. The molecule has 0 unspecified atom stereocenters. The molecule has 4 heteroatoms. The van der Waals surface area contributed by atoms with Crippen LogP contribution in [0.4, 0.5) is 4.39 Å². The highest BCUT2D eigenvalue weighted by Crippen LogP contribution is 2.32. The van der Waals surface area contributed by atoms with Crippen molar-refractivity contribution in [2.75, 3.05) is 19.6 Å². The van der Waals surface area contributed by atoms with Crippen LogP contribution in [0.2, 0.25) is 0 Å². The minimum Gasteiger partial charge on any atom is -0.303 e. The minimum absolute atomic E-state index is 0. The lowest BCUT2D eigenvalue weighted by atomic mass is 10.1. The van der Waals surface area contributed by atoms with Crippen molar-refractivity contribution in [3.63, 3.8) is 0 Å². The molecule has 1 heterocycles. The molecule has 1 saturated heterocycles. The Hall–Kier alpha value is -1.03. The highest BCUT2D eigenvalue weighted by Gasteiger charge is 2.20. The Morgan fingerprint density at radius 2 is 1.72 bits per heavy atom. The molecular weight excluding hydrogens is 353 g/mol. The number of likely N-dealkylation sites (tertiary alicyclic amines) is 1. The molecule has 1 aliphatic heterocycles. The second-order valence-corrected chi connectivity index (χ2v) is 7.84. The first kappa shape index (κ1) is 20.3. The number of thioether (sulfide) groups is 1. The van der Waals surface area contributed by atoms with Gasteiger partial charge < -0.3 is 4.90 Å². The Labute approximate surface area is 161 Å². The molecule has 1 nitrogen and oxygen atoms in total. The van der Waals surface area contributed by atoms with Crippen LogP contribution in [-0.2, 0) is 12.8 Å². The van der Waals surface area contributed by atoms with Gasteiger partial charge in [0.1, 0.15) is 5.82 Å². The van der Waals surface area contributed by atoms with E-state index in [-0.39, 0.29) is 18.2 Å². The Bertz CT molecular complexity index is 639. The number of hydrogen-bond donors (Lipinski definition) is 0. The lowest BCUT2D eigenvalue weighted by Gasteiger charge is -2.32. The molecule has 0 atom stereocenters. The van der Waals surface area contributed by atoms with E-state index in [1.54, 1.807) is 12.1 Å². The molecule has 0 aromatic heterocycles. The van der Waals surface area contributed by atoms with E-state index in [2.05, 4.69) is 47.9 Å². The summed E-state index contributed by atoms with van der Waals surface area (Å²) in [6.07, 6.45) is 4.63. The number of hydrogen-bond acceptors (Lipinski definition) is 2. The van der Waals surface area contributed by atoms with Crippen LogP contribution in [0.3, 0.4) is 0 Å². The van der Waals surface area contributed by atoms with E-state index < -0.39 is 0 Å². The van der Waals surface area contributed by atoms with Crippen LogP contribution in [0.15, 0.2) is 53.4 Å². The summed E-state index contributed by atoms with van der Waals surface area (Å²) in [5.74, 6) is -0.149. The summed E-state index contributed by atoms with van der Waals surface area (Å²) < 4.78 is 12.9. The van der Waals surface area contributed by atoms with Gasteiger partial charge in [-0.05, 0) is 68.1 Å². The smallest absolute Gasteiger partial charge is 0.123 e. The normalized spacial score (nSPS) is 15.8. The highest BCUT2D eigenvalue weighted by atomic mass is 35.5. The maximum Gasteiger partial charge on any atom is 0.123 e. The molecule has 0 aliphatic carbocycles. The van der Waals surface area contributed by atoms with E-state index in [0.717, 1.165) is 24.6 Å².